The van der Waals surface area contributed by atoms with Crippen molar-refractivity contribution in [1.82, 2.24) is 30.1 Å². The molecule has 0 saturated heterocycles. The Morgan fingerprint density at radius 1 is 1.07 bits per heavy atom. The van der Waals surface area contributed by atoms with Crippen molar-refractivity contribution in [3.05, 3.63) is 35.1 Å². The van der Waals surface area contributed by atoms with Gasteiger partial charge < -0.3 is 10.3 Å². The van der Waals surface area contributed by atoms with Crippen LogP contribution in [0.4, 0.5) is 5.95 Å². The SMILES string of the molecule is Cc1nnc(-c2ccc3c(-c4nc(NC5CCCCC5)ncc4C)c[nH]c3n2)s1. The molecule has 0 radical (unpaired) electrons. The first-order valence-electron chi connectivity index (χ1n) is 10.1. The van der Waals surface area contributed by atoms with Gasteiger partial charge in [-0.15, -0.1) is 10.2 Å². The fourth-order valence-electron chi connectivity index (χ4n) is 3.93. The number of aromatic amines is 1. The third kappa shape index (κ3) is 3.60. The Morgan fingerprint density at radius 3 is 2.72 bits per heavy atom. The fraction of sp³-hybridized carbons (Fsp3) is 0.381. The Kier molecular flexibility index (Phi) is 4.71. The van der Waals surface area contributed by atoms with Crippen molar-refractivity contribution in [1.29, 1.82) is 0 Å². The van der Waals surface area contributed by atoms with Gasteiger partial charge in [0.2, 0.25) is 5.95 Å². The Hall–Kier alpha value is -2.87. The minimum atomic E-state index is 0.474. The van der Waals surface area contributed by atoms with E-state index >= 15 is 0 Å². The molecule has 4 aromatic heterocycles. The lowest BCUT2D eigenvalue weighted by atomic mass is 9.96. The molecule has 148 valence electrons. The van der Waals surface area contributed by atoms with Gasteiger partial charge in [0.05, 0.1) is 5.69 Å². The monoisotopic (exact) mass is 405 g/mol. The lowest BCUT2D eigenvalue weighted by molar-refractivity contribution is 0.461. The summed E-state index contributed by atoms with van der Waals surface area (Å²) in [4.78, 5) is 17.4. The van der Waals surface area contributed by atoms with Crippen molar-refractivity contribution >= 4 is 28.3 Å². The number of anilines is 1. The molecular weight excluding hydrogens is 382 g/mol. The summed E-state index contributed by atoms with van der Waals surface area (Å²) in [7, 11) is 0. The molecule has 0 spiro atoms. The molecule has 7 nitrogen and oxygen atoms in total. The van der Waals surface area contributed by atoms with Crippen molar-refractivity contribution < 1.29 is 0 Å². The van der Waals surface area contributed by atoms with Crippen LogP contribution in [0.15, 0.2) is 24.5 Å². The normalized spacial score (nSPS) is 15.1. The van der Waals surface area contributed by atoms with E-state index in [0.29, 0.717) is 12.0 Å². The Labute approximate surface area is 173 Å². The first-order chi connectivity index (χ1) is 14.2. The number of nitrogens with one attached hydrogen (secondary N) is 2. The van der Waals surface area contributed by atoms with Crippen LogP contribution in [0.25, 0.3) is 33.0 Å². The molecule has 1 aliphatic rings. The molecule has 8 heteroatoms. The molecule has 0 bridgehead atoms. The maximum Gasteiger partial charge on any atom is 0.223 e. The average molecular weight is 406 g/mol. The van der Waals surface area contributed by atoms with Crippen molar-refractivity contribution in [2.75, 3.05) is 5.32 Å². The second kappa shape index (κ2) is 7.51. The van der Waals surface area contributed by atoms with Crippen molar-refractivity contribution in [3.63, 3.8) is 0 Å². The number of hydrogen-bond donors (Lipinski definition) is 2. The van der Waals surface area contributed by atoms with Crippen LogP contribution in [-0.2, 0) is 0 Å². The second-order valence-electron chi connectivity index (χ2n) is 7.63. The number of pyridine rings is 1. The van der Waals surface area contributed by atoms with Crippen LogP contribution in [0.5, 0.6) is 0 Å². The van der Waals surface area contributed by atoms with E-state index in [-0.39, 0.29) is 0 Å². The van der Waals surface area contributed by atoms with E-state index < -0.39 is 0 Å². The van der Waals surface area contributed by atoms with Gasteiger partial charge in [-0.2, -0.15) is 0 Å². The summed E-state index contributed by atoms with van der Waals surface area (Å²) in [6, 6.07) is 4.55. The van der Waals surface area contributed by atoms with E-state index in [1.165, 1.54) is 32.1 Å². The summed E-state index contributed by atoms with van der Waals surface area (Å²) in [6.45, 7) is 3.99. The molecule has 0 aliphatic heterocycles. The van der Waals surface area contributed by atoms with E-state index in [4.69, 9.17) is 9.97 Å². The summed E-state index contributed by atoms with van der Waals surface area (Å²) < 4.78 is 0. The van der Waals surface area contributed by atoms with Gasteiger partial charge in [0.15, 0.2) is 5.01 Å². The van der Waals surface area contributed by atoms with Crippen molar-refractivity contribution in [3.8, 4) is 22.0 Å². The molecule has 2 N–H and O–H groups in total. The second-order valence-corrected chi connectivity index (χ2v) is 8.81. The highest BCUT2D eigenvalue weighted by Gasteiger charge is 2.17. The Balaban J connectivity index is 1.49. The molecule has 1 fully saturated rings. The molecule has 29 heavy (non-hydrogen) atoms. The van der Waals surface area contributed by atoms with Crippen LogP contribution in [0.1, 0.15) is 42.7 Å². The summed E-state index contributed by atoms with van der Waals surface area (Å²) >= 11 is 1.55. The summed E-state index contributed by atoms with van der Waals surface area (Å²) in [6.07, 6.45) is 10.2. The molecule has 0 atom stereocenters. The average Bonchev–Trinajstić information content (AvgIpc) is 3.36. The topological polar surface area (TPSA) is 92.3 Å². The highest BCUT2D eigenvalue weighted by molar-refractivity contribution is 7.14. The van der Waals surface area contributed by atoms with Crippen LogP contribution in [0, 0.1) is 13.8 Å². The molecule has 1 aliphatic carbocycles. The molecule has 4 heterocycles. The fourth-order valence-corrected chi connectivity index (χ4v) is 4.60. The number of fused-ring (bicyclic) bond motifs is 1. The van der Waals surface area contributed by atoms with Crippen LogP contribution in [0.2, 0.25) is 0 Å². The maximum absolute atomic E-state index is 4.85. The molecule has 1 saturated carbocycles. The molecule has 5 rings (SSSR count). The van der Waals surface area contributed by atoms with Gasteiger partial charge in [-0.05, 0) is 44.4 Å². The minimum absolute atomic E-state index is 0.474. The van der Waals surface area contributed by atoms with E-state index in [9.17, 15) is 0 Å². The van der Waals surface area contributed by atoms with E-state index in [1.54, 1.807) is 11.3 Å². The van der Waals surface area contributed by atoms with Crippen LogP contribution in [0.3, 0.4) is 0 Å². The quantitative estimate of drug-likeness (QED) is 0.502. The molecule has 0 unspecified atom stereocenters. The maximum atomic E-state index is 4.85. The van der Waals surface area contributed by atoms with Gasteiger partial charge in [0, 0.05) is 29.4 Å². The van der Waals surface area contributed by atoms with E-state index in [2.05, 4.69) is 31.5 Å². The van der Waals surface area contributed by atoms with Crippen molar-refractivity contribution in [2.45, 2.75) is 52.0 Å². The largest absolute Gasteiger partial charge is 0.351 e. The minimum Gasteiger partial charge on any atom is -0.351 e. The van der Waals surface area contributed by atoms with Gasteiger partial charge in [-0.3, -0.25) is 0 Å². The van der Waals surface area contributed by atoms with Gasteiger partial charge in [-0.1, -0.05) is 30.6 Å². The van der Waals surface area contributed by atoms with Gasteiger partial charge >= 0.3 is 0 Å². The van der Waals surface area contributed by atoms with Gasteiger partial charge in [0.1, 0.15) is 16.3 Å². The molecule has 0 amide bonds. The molecular formula is C21H23N7S. The smallest absolute Gasteiger partial charge is 0.223 e. The number of H-pyrrole nitrogens is 1. The highest BCUT2D eigenvalue weighted by Crippen LogP contribution is 2.31. The number of aryl methyl sites for hydroxylation is 2. The van der Waals surface area contributed by atoms with E-state index in [0.717, 1.165) is 43.6 Å². The zero-order valence-electron chi connectivity index (χ0n) is 16.6. The Bertz CT molecular complexity index is 1160. The lowest BCUT2D eigenvalue weighted by Crippen LogP contribution is -2.23. The number of nitrogens with zero attached hydrogens (tertiary/aromatic N) is 5. The van der Waals surface area contributed by atoms with Gasteiger partial charge in [0.25, 0.3) is 0 Å². The van der Waals surface area contributed by atoms with Crippen LogP contribution in [-0.4, -0.2) is 36.2 Å². The number of rotatable bonds is 4. The lowest BCUT2D eigenvalue weighted by Gasteiger charge is -2.23. The van der Waals surface area contributed by atoms with Crippen molar-refractivity contribution in [2.24, 2.45) is 0 Å². The standard InChI is InChI=1S/C21H23N7S/c1-12-10-23-21(24-14-6-4-3-5-7-14)26-18(12)16-11-22-19-15(16)8-9-17(25-19)20-28-27-13(2)29-20/h8-11,14H,3-7H2,1-2H3,(H,22,25)(H,23,24,26). The Morgan fingerprint density at radius 2 is 1.93 bits per heavy atom. The third-order valence-corrected chi connectivity index (χ3v) is 6.31. The van der Waals surface area contributed by atoms with E-state index in [1.807, 2.05) is 32.3 Å². The first kappa shape index (κ1) is 18.2. The summed E-state index contributed by atoms with van der Waals surface area (Å²) in [5.41, 5.74) is 4.68. The van der Waals surface area contributed by atoms with Gasteiger partial charge in [-0.25, -0.2) is 15.0 Å². The zero-order valence-corrected chi connectivity index (χ0v) is 17.4. The number of aromatic nitrogens is 6. The third-order valence-electron chi connectivity index (χ3n) is 5.45. The van der Waals surface area contributed by atoms with Crippen LogP contribution >= 0.6 is 11.3 Å². The molecule has 0 aromatic carbocycles. The first-order valence-corrected chi connectivity index (χ1v) is 10.9. The predicted molar refractivity (Wildman–Crippen MR) is 116 cm³/mol. The summed E-state index contributed by atoms with van der Waals surface area (Å²) in [5, 5.41) is 14.6. The number of hydrogen-bond acceptors (Lipinski definition) is 7. The predicted octanol–water partition coefficient (Wildman–Crippen LogP) is 4.90. The van der Waals surface area contributed by atoms with Crippen LogP contribution < -0.4 is 5.32 Å². The summed E-state index contributed by atoms with van der Waals surface area (Å²) in [5.74, 6) is 0.709. The highest BCUT2D eigenvalue weighted by atomic mass is 32.1. The molecule has 4 aromatic rings. The zero-order chi connectivity index (χ0) is 19.8.